The number of hydrogen-bond acceptors (Lipinski definition) is 4. The van der Waals surface area contributed by atoms with Crippen LogP contribution in [0.25, 0.3) is 0 Å². The van der Waals surface area contributed by atoms with E-state index in [1.54, 1.807) is 24.3 Å². The number of ketones is 1. The normalized spacial score (nSPS) is 24.1. The number of carboxylic acid groups (broad SMARTS) is 1. The molecule has 0 amide bonds. The van der Waals surface area contributed by atoms with E-state index in [0.29, 0.717) is 18.5 Å². The van der Waals surface area contributed by atoms with E-state index in [2.05, 4.69) is 0 Å². The molecule has 1 fully saturated rings. The summed E-state index contributed by atoms with van der Waals surface area (Å²) in [7, 11) is 0. The fourth-order valence-corrected chi connectivity index (χ4v) is 2.24. The van der Waals surface area contributed by atoms with E-state index >= 15 is 0 Å². The molecule has 1 heterocycles. The molecule has 0 saturated carbocycles. The molecular weight excluding hydrogens is 234 g/mol. The Balaban J connectivity index is 2.06. The molecule has 0 radical (unpaired) electrons. The zero-order valence-corrected chi connectivity index (χ0v) is 9.82. The van der Waals surface area contributed by atoms with Crippen molar-refractivity contribution in [3.8, 4) is 0 Å². The van der Waals surface area contributed by atoms with Crippen molar-refractivity contribution in [2.24, 2.45) is 0 Å². The lowest BCUT2D eigenvalue weighted by atomic mass is 10.1. The minimum atomic E-state index is -1.08. The summed E-state index contributed by atoms with van der Waals surface area (Å²) in [4.78, 5) is 24.5. The van der Waals surface area contributed by atoms with Crippen molar-refractivity contribution in [3.05, 3.63) is 35.9 Å². The van der Waals surface area contributed by atoms with Gasteiger partial charge in [0, 0.05) is 12.1 Å². The number of aliphatic hydroxyl groups is 1. The largest absolute Gasteiger partial charge is 0.480 e. The molecule has 0 bridgehead atoms. The maximum atomic E-state index is 12.0. The molecule has 2 N–H and O–H groups in total. The molecule has 18 heavy (non-hydrogen) atoms. The molecule has 5 heteroatoms. The Kier molecular flexibility index (Phi) is 3.74. The third-order valence-corrected chi connectivity index (χ3v) is 3.17. The van der Waals surface area contributed by atoms with Crippen LogP contribution in [0.2, 0.25) is 0 Å². The van der Waals surface area contributed by atoms with Gasteiger partial charge < -0.3 is 10.2 Å². The van der Waals surface area contributed by atoms with Crippen LogP contribution in [-0.2, 0) is 4.79 Å². The minimum Gasteiger partial charge on any atom is -0.480 e. The Morgan fingerprint density at radius 2 is 1.94 bits per heavy atom. The molecular formula is C13H15NO4. The third kappa shape index (κ3) is 2.57. The van der Waals surface area contributed by atoms with E-state index < -0.39 is 18.1 Å². The average molecular weight is 249 g/mol. The van der Waals surface area contributed by atoms with Crippen LogP contribution in [0.5, 0.6) is 0 Å². The van der Waals surface area contributed by atoms with Crippen LogP contribution >= 0.6 is 0 Å². The van der Waals surface area contributed by atoms with Crippen molar-refractivity contribution in [1.29, 1.82) is 0 Å². The summed E-state index contributed by atoms with van der Waals surface area (Å²) >= 11 is 0. The first kappa shape index (κ1) is 12.7. The number of benzene rings is 1. The van der Waals surface area contributed by atoms with E-state index in [4.69, 9.17) is 5.11 Å². The van der Waals surface area contributed by atoms with E-state index in [0.717, 1.165) is 0 Å². The van der Waals surface area contributed by atoms with Gasteiger partial charge >= 0.3 is 5.97 Å². The number of hydrogen-bond donors (Lipinski definition) is 2. The summed E-state index contributed by atoms with van der Waals surface area (Å²) in [5.41, 5.74) is 0.558. The second kappa shape index (κ2) is 5.29. The maximum Gasteiger partial charge on any atom is 0.323 e. The van der Waals surface area contributed by atoms with Gasteiger partial charge in [0.25, 0.3) is 0 Å². The molecule has 0 spiro atoms. The highest BCUT2D eigenvalue weighted by Crippen LogP contribution is 2.18. The molecule has 2 atom stereocenters. The zero-order valence-electron chi connectivity index (χ0n) is 9.82. The van der Waals surface area contributed by atoms with Gasteiger partial charge in [0.05, 0.1) is 12.6 Å². The molecule has 0 aliphatic carbocycles. The van der Waals surface area contributed by atoms with Gasteiger partial charge in [-0.1, -0.05) is 30.3 Å². The number of Topliss-reactive ketones (excluding diaryl/α,β-unsaturated/α-hetero) is 1. The van der Waals surface area contributed by atoms with Crippen LogP contribution in [0, 0.1) is 0 Å². The number of carbonyl (C=O) groups is 2. The molecule has 5 nitrogen and oxygen atoms in total. The highest BCUT2D eigenvalue weighted by Gasteiger charge is 2.39. The quantitative estimate of drug-likeness (QED) is 0.755. The molecule has 1 aromatic rings. The van der Waals surface area contributed by atoms with Gasteiger partial charge in [0.2, 0.25) is 0 Å². The van der Waals surface area contributed by atoms with Gasteiger partial charge in [-0.2, -0.15) is 0 Å². The van der Waals surface area contributed by atoms with Gasteiger partial charge in [0.1, 0.15) is 6.04 Å². The molecule has 0 unspecified atom stereocenters. The van der Waals surface area contributed by atoms with Crippen LogP contribution < -0.4 is 0 Å². The Morgan fingerprint density at radius 1 is 1.28 bits per heavy atom. The summed E-state index contributed by atoms with van der Waals surface area (Å²) in [6.45, 7) is 0.453. The number of likely N-dealkylation sites (tertiary alicyclic amines) is 1. The molecule has 2 rings (SSSR count). The predicted octanol–water partition coefficient (Wildman–Crippen LogP) is 0.389. The van der Waals surface area contributed by atoms with Gasteiger partial charge in [-0.25, -0.2) is 0 Å². The van der Waals surface area contributed by atoms with Crippen LogP contribution in [0.1, 0.15) is 16.8 Å². The van der Waals surface area contributed by atoms with Gasteiger partial charge in [-0.05, 0) is 6.42 Å². The summed E-state index contributed by atoms with van der Waals surface area (Å²) in [5, 5.41) is 18.6. The summed E-state index contributed by atoms with van der Waals surface area (Å²) in [5.74, 6) is -1.21. The number of carboxylic acids is 1. The Labute approximate surface area is 105 Å². The van der Waals surface area contributed by atoms with Crippen molar-refractivity contribution in [2.75, 3.05) is 13.1 Å². The zero-order chi connectivity index (χ0) is 13.1. The standard InChI is InChI=1S/C13H15NO4/c15-10-6-7-14(12(10)13(17)18)8-11(16)9-4-2-1-3-5-9/h1-5,10,12,15H,6-8H2,(H,17,18)/t10-,12-/m0/s1. The first-order valence-corrected chi connectivity index (χ1v) is 5.83. The number of aliphatic carboxylic acids is 1. The van der Waals surface area contributed by atoms with Crippen molar-refractivity contribution in [2.45, 2.75) is 18.6 Å². The highest BCUT2D eigenvalue weighted by molar-refractivity contribution is 5.97. The first-order valence-electron chi connectivity index (χ1n) is 5.83. The fourth-order valence-electron chi connectivity index (χ4n) is 2.24. The van der Waals surface area contributed by atoms with Gasteiger partial charge in [-0.15, -0.1) is 0 Å². The smallest absolute Gasteiger partial charge is 0.323 e. The van der Waals surface area contributed by atoms with Crippen LogP contribution in [0.15, 0.2) is 30.3 Å². The lowest BCUT2D eigenvalue weighted by Gasteiger charge is -2.21. The van der Waals surface area contributed by atoms with Crippen molar-refractivity contribution >= 4 is 11.8 Å². The van der Waals surface area contributed by atoms with Crippen LogP contribution in [-0.4, -0.2) is 52.1 Å². The topological polar surface area (TPSA) is 77.8 Å². The van der Waals surface area contributed by atoms with Crippen LogP contribution in [0.4, 0.5) is 0 Å². The molecule has 1 saturated heterocycles. The third-order valence-electron chi connectivity index (χ3n) is 3.17. The summed E-state index contributed by atoms with van der Waals surface area (Å²) in [6.07, 6.45) is -0.509. The van der Waals surface area contributed by atoms with E-state index in [1.165, 1.54) is 4.90 Å². The number of aliphatic hydroxyl groups excluding tert-OH is 1. The molecule has 1 aliphatic rings. The maximum absolute atomic E-state index is 12.0. The lowest BCUT2D eigenvalue weighted by Crippen LogP contribution is -2.44. The monoisotopic (exact) mass is 249 g/mol. The Hall–Kier alpha value is -1.72. The Bertz CT molecular complexity index is 446. The summed E-state index contributed by atoms with van der Waals surface area (Å²) in [6, 6.07) is 7.77. The molecule has 96 valence electrons. The fraction of sp³-hybridized carbons (Fsp3) is 0.385. The highest BCUT2D eigenvalue weighted by atomic mass is 16.4. The SMILES string of the molecule is O=C(CN1CC[C@H](O)[C@H]1C(=O)O)c1ccccc1. The van der Waals surface area contributed by atoms with E-state index in [9.17, 15) is 14.7 Å². The van der Waals surface area contributed by atoms with Crippen molar-refractivity contribution in [3.63, 3.8) is 0 Å². The first-order chi connectivity index (χ1) is 8.59. The van der Waals surface area contributed by atoms with Crippen molar-refractivity contribution < 1.29 is 19.8 Å². The van der Waals surface area contributed by atoms with Gasteiger partial charge in [0.15, 0.2) is 5.78 Å². The second-order valence-electron chi connectivity index (χ2n) is 4.40. The second-order valence-corrected chi connectivity index (χ2v) is 4.40. The lowest BCUT2D eigenvalue weighted by molar-refractivity contribution is -0.144. The van der Waals surface area contributed by atoms with Crippen LogP contribution in [0.3, 0.4) is 0 Å². The molecule has 0 aromatic heterocycles. The number of carbonyl (C=O) groups excluding carboxylic acids is 1. The number of rotatable bonds is 4. The predicted molar refractivity (Wildman–Crippen MR) is 64.4 cm³/mol. The van der Waals surface area contributed by atoms with E-state index in [1.807, 2.05) is 6.07 Å². The molecule has 1 aliphatic heterocycles. The summed E-state index contributed by atoms with van der Waals surface area (Å²) < 4.78 is 0. The Morgan fingerprint density at radius 3 is 2.56 bits per heavy atom. The minimum absolute atomic E-state index is 0.0258. The van der Waals surface area contributed by atoms with Gasteiger partial charge in [-0.3, -0.25) is 14.5 Å². The van der Waals surface area contributed by atoms with E-state index in [-0.39, 0.29) is 12.3 Å². The average Bonchev–Trinajstić information content (AvgIpc) is 2.71. The molecule has 1 aromatic carbocycles. The van der Waals surface area contributed by atoms with Crippen molar-refractivity contribution in [1.82, 2.24) is 4.90 Å². The number of nitrogens with zero attached hydrogens (tertiary/aromatic N) is 1.